The van der Waals surface area contributed by atoms with Crippen LogP contribution in [0.1, 0.15) is 24.7 Å². The quantitative estimate of drug-likeness (QED) is 0.785. The lowest BCUT2D eigenvalue weighted by atomic mass is 10.3. The molecule has 1 aromatic heterocycles. The molecule has 0 aromatic carbocycles. The highest BCUT2D eigenvalue weighted by Gasteiger charge is 2.15. The second-order valence-corrected chi connectivity index (χ2v) is 3.76. The highest BCUT2D eigenvalue weighted by molar-refractivity contribution is 5.70. The van der Waals surface area contributed by atoms with Crippen LogP contribution in [-0.4, -0.2) is 21.9 Å². The number of nitrogens with two attached hydrogens (primary N) is 1. The molecule has 0 bridgehead atoms. The predicted molar refractivity (Wildman–Crippen MR) is 61.9 cm³/mol. The smallest absolute Gasteiger partial charge is 0.329 e. The molecule has 0 aliphatic rings. The number of aromatic nitrogens is 2. The number of rotatable bonds is 4. The van der Waals surface area contributed by atoms with Crippen LogP contribution in [0.3, 0.4) is 0 Å². The van der Waals surface area contributed by atoms with Crippen LogP contribution in [-0.2, 0) is 16.1 Å². The summed E-state index contributed by atoms with van der Waals surface area (Å²) in [6.07, 6.45) is -0.224. The summed E-state index contributed by atoms with van der Waals surface area (Å²) in [5.41, 5.74) is 7.73. The van der Waals surface area contributed by atoms with Gasteiger partial charge >= 0.3 is 5.97 Å². The Bertz CT molecular complexity index is 459. The van der Waals surface area contributed by atoms with Gasteiger partial charge in [0.05, 0.1) is 17.1 Å². The number of nitrogen functional groups attached to an aromatic ring is 1. The fraction of sp³-hybridized carbons (Fsp3) is 0.545. The summed E-state index contributed by atoms with van der Waals surface area (Å²) in [4.78, 5) is 11.5. The number of aryl methyl sites for hydroxylation is 1. The van der Waals surface area contributed by atoms with E-state index in [0.717, 1.165) is 5.69 Å². The molecule has 1 unspecified atom stereocenters. The van der Waals surface area contributed by atoms with Crippen molar-refractivity contribution < 1.29 is 9.53 Å². The summed E-state index contributed by atoms with van der Waals surface area (Å²) in [6.45, 7) is 5.31. The SMILES string of the molecule is CCC(C#N)OC(=O)Cn1nc(C)c(N)c1C. The van der Waals surface area contributed by atoms with E-state index in [0.29, 0.717) is 17.8 Å². The van der Waals surface area contributed by atoms with Gasteiger partial charge in [0.25, 0.3) is 0 Å². The lowest BCUT2D eigenvalue weighted by molar-refractivity contribution is -0.147. The van der Waals surface area contributed by atoms with Gasteiger partial charge in [-0.15, -0.1) is 0 Å². The number of nitriles is 1. The van der Waals surface area contributed by atoms with E-state index in [-0.39, 0.29) is 6.54 Å². The van der Waals surface area contributed by atoms with Gasteiger partial charge in [0.15, 0.2) is 6.10 Å². The standard InChI is InChI=1S/C11H16N4O2/c1-4-9(5-12)17-10(16)6-15-8(3)11(13)7(2)14-15/h9H,4,6,13H2,1-3H3. The Balaban J connectivity index is 2.69. The molecule has 17 heavy (non-hydrogen) atoms. The van der Waals surface area contributed by atoms with E-state index in [1.807, 2.05) is 6.07 Å². The zero-order valence-electron chi connectivity index (χ0n) is 10.2. The lowest BCUT2D eigenvalue weighted by Crippen LogP contribution is -2.21. The second-order valence-electron chi connectivity index (χ2n) is 3.76. The first-order valence-electron chi connectivity index (χ1n) is 5.38. The van der Waals surface area contributed by atoms with Crippen molar-refractivity contribution in [3.8, 4) is 6.07 Å². The van der Waals surface area contributed by atoms with Gasteiger partial charge in [-0.2, -0.15) is 10.4 Å². The molecule has 1 atom stereocenters. The van der Waals surface area contributed by atoms with Gasteiger partial charge in [-0.1, -0.05) is 6.92 Å². The van der Waals surface area contributed by atoms with Crippen LogP contribution in [0.4, 0.5) is 5.69 Å². The van der Waals surface area contributed by atoms with Gasteiger partial charge in [-0.25, -0.2) is 0 Å². The normalized spacial score (nSPS) is 11.9. The summed E-state index contributed by atoms with van der Waals surface area (Å²) >= 11 is 0. The predicted octanol–water partition coefficient (Wildman–Crippen LogP) is 0.928. The van der Waals surface area contributed by atoms with Crippen molar-refractivity contribution >= 4 is 11.7 Å². The number of carbonyl (C=O) groups excluding carboxylic acids is 1. The zero-order valence-corrected chi connectivity index (χ0v) is 10.2. The van der Waals surface area contributed by atoms with Crippen molar-refractivity contribution in [2.45, 2.75) is 39.8 Å². The number of esters is 1. The van der Waals surface area contributed by atoms with Crippen molar-refractivity contribution in [3.05, 3.63) is 11.4 Å². The average molecular weight is 236 g/mol. The Morgan fingerprint density at radius 2 is 2.29 bits per heavy atom. The van der Waals surface area contributed by atoms with E-state index in [4.69, 9.17) is 15.7 Å². The molecule has 0 spiro atoms. The van der Waals surface area contributed by atoms with E-state index in [1.165, 1.54) is 4.68 Å². The summed E-state index contributed by atoms with van der Waals surface area (Å²) in [5.74, 6) is -0.482. The second kappa shape index (κ2) is 5.34. The lowest BCUT2D eigenvalue weighted by Gasteiger charge is -2.09. The van der Waals surface area contributed by atoms with Crippen molar-refractivity contribution in [2.75, 3.05) is 5.73 Å². The monoisotopic (exact) mass is 236 g/mol. The fourth-order valence-electron chi connectivity index (χ4n) is 1.38. The minimum atomic E-state index is -0.697. The topological polar surface area (TPSA) is 93.9 Å². The van der Waals surface area contributed by atoms with Crippen LogP contribution < -0.4 is 5.73 Å². The molecular formula is C11H16N4O2. The number of ether oxygens (including phenoxy) is 1. The van der Waals surface area contributed by atoms with Gasteiger partial charge in [0, 0.05) is 0 Å². The Hall–Kier alpha value is -2.03. The molecule has 0 amide bonds. The molecule has 0 fully saturated rings. The summed E-state index contributed by atoms with van der Waals surface area (Å²) in [7, 11) is 0. The first kappa shape index (κ1) is 13.0. The Morgan fingerprint density at radius 3 is 2.71 bits per heavy atom. The van der Waals surface area contributed by atoms with E-state index in [9.17, 15) is 4.79 Å². The first-order chi connectivity index (χ1) is 7.99. The van der Waals surface area contributed by atoms with E-state index >= 15 is 0 Å². The van der Waals surface area contributed by atoms with Crippen LogP contribution in [0.15, 0.2) is 0 Å². The molecule has 0 saturated carbocycles. The molecule has 0 radical (unpaired) electrons. The fourth-order valence-corrected chi connectivity index (χ4v) is 1.38. The minimum Gasteiger partial charge on any atom is -0.446 e. The summed E-state index contributed by atoms with van der Waals surface area (Å²) < 4.78 is 6.44. The number of hydrogen-bond donors (Lipinski definition) is 1. The zero-order chi connectivity index (χ0) is 13.0. The van der Waals surface area contributed by atoms with Gasteiger partial charge in [-0.05, 0) is 20.3 Å². The van der Waals surface area contributed by atoms with Gasteiger partial charge in [0.1, 0.15) is 12.6 Å². The van der Waals surface area contributed by atoms with Crippen LogP contribution >= 0.6 is 0 Å². The summed E-state index contributed by atoms with van der Waals surface area (Å²) in [6, 6.07) is 1.90. The molecule has 0 aliphatic carbocycles. The van der Waals surface area contributed by atoms with Crippen molar-refractivity contribution in [2.24, 2.45) is 0 Å². The summed E-state index contributed by atoms with van der Waals surface area (Å²) in [5, 5.41) is 12.8. The number of anilines is 1. The van der Waals surface area contributed by atoms with E-state index < -0.39 is 12.1 Å². The first-order valence-corrected chi connectivity index (χ1v) is 5.38. The largest absolute Gasteiger partial charge is 0.446 e. The van der Waals surface area contributed by atoms with Crippen molar-refractivity contribution in [3.63, 3.8) is 0 Å². The van der Waals surface area contributed by atoms with Crippen LogP contribution in [0, 0.1) is 25.2 Å². The third-order valence-electron chi connectivity index (χ3n) is 2.50. The van der Waals surface area contributed by atoms with E-state index in [2.05, 4.69) is 5.10 Å². The third kappa shape index (κ3) is 2.97. The number of carbonyl (C=O) groups is 1. The highest BCUT2D eigenvalue weighted by Crippen LogP contribution is 2.14. The molecule has 0 saturated heterocycles. The molecule has 6 nitrogen and oxygen atoms in total. The van der Waals surface area contributed by atoms with Gasteiger partial charge in [0.2, 0.25) is 0 Å². The average Bonchev–Trinajstić information content (AvgIpc) is 2.54. The molecule has 6 heteroatoms. The third-order valence-corrected chi connectivity index (χ3v) is 2.50. The minimum absolute atomic E-state index is 0.0257. The molecule has 1 rings (SSSR count). The van der Waals surface area contributed by atoms with Crippen LogP contribution in [0.2, 0.25) is 0 Å². The van der Waals surface area contributed by atoms with Crippen molar-refractivity contribution in [1.29, 1.82) is 5.26 Å². The van der Waals surface area contributed by atoms with Crippen LogP contribution in [0.5, 0.6) is 0 Å². The molecule has 0 aliphatic heterocycles. The molecule has 1 heterocycles. The maximum atomic E-state index is 11.5. The Morgan fingerprint density at radius 1 is 1.65 bits per heavy atom. The molecule has 2 N–H and O–H groups in total. The Labute approximate surface area is 100.0 Å². The van der Waals surface area contributed by atoms with E-state index in [1.54, 1.807) is 20.8 Å². The molecule has 1 aromatic rings. The highest BCUT2D eigenvalue weighted by atomic mass is 16.5. The number of hydrogen-bond acceptors (Lipinski definition) is 5. The van der Waals surface area contributed by atoms with Gasteiger partial charge < -0.3 is 10.5 Å². The molecule has 92 valence electrons. The molecular weight excluding hydrogens is 220 g/mol. The van der Waals surface area contributed by atoms with Crippen LogP contribution in [0.25, 0.3) is 0 Å². The van der Waals surface area contributed by atoms with Gasteiger partial charge in [-0.3, -0.25) is 9.48 Å². The Kier molecular flexibility index (Phi) is 4.10. The maximum absolute atomic E-state index is 11.5. The van der Waals surface area contributed by atoms with Crippen molar-refractivity contribution in [1.82, 2.24) is 9.78 Å². The maximum Gasteiger partial charge on any atom is 0.329 e. The number of nitrogens with zero attached hydrogens (tertiary/aromatic N) is 3.